The molecule has 6 nitrogen and oxygen atoms in total. The van der Waals surface area contributed by atoms with Crippen LogP contribution in [0.1, 0.15) is 245 Å². The van der Waals surface area contributed by atoms with E-state index in [0.29, 0.717) is 19.3 Å². The van der Waals surface area contributed by atoms with Crippen LogP contribution in [0.15, 0.2) is 122 Å². The Morgan fingerprint density at radius 1 is 0.300 bits per heavy atom. The van der Waals surface area contributed by atoms with Crippen LogP contribution < -0.4 is 0 Å². The summed E-state index contributed by atoms with van der Waals surface area (Å²) in [5.41, 5.74) is 0. The maximum Gasteiger partial charge on any atom is 0.306 e. The van der Waals surface area contributed by atoms with E-state index in [1.54, 1.807) is 0 Å². The smallest absolute Gasteiger partial charge is 0.306 e. The topological polar surface area (TPSA) is 78.9 Å². The molecule has 0 heterocycles. The van der Waals surface area contributed by atoms with Gasteiger partial charge in [0.15, 0.2) is 6.10 Å². The van der Waals surface area contributed by atoms with Crippen molar-refractivity contribution in [2.24, 2.45) is 0 Å². The monoisotopic (exact) mass is 969 g/mol. The van der Waals surface area contributed by atoms with Gasteiger partial charge < -0.3 is 14.2 Å². The van der Waals surface area contributed by atoms with Crippen molar-refractivity contribution in [3.63, 3.8) is 0 Å². The second kappa shape index (κ2) is 57.4. The lowest BCUT2D eigenvalue weighted by molar-refractivity contribution is -0.167. The summed E-state index contributed by atoms with van der Waals surface area (Å²) < 4.78 is 16.7. The van der Waals surface area contributed by atoms with E-state index in [9.17, 15) is 14.4 Å². The van der Waals surface area contributed by atoms with Gasteiger partial charge in [0, 0.05) is 19.3 Å². The van der Waals surface area contributed by atoms with Gasteiger partial charge in [0.1, 0.15) is 13.2 Å². The van der Waals surface area contributed by atoms with Gasteiger partial charge in [-0.2, -0.15) is 0 Å². The summed E-state index contributed by atoms with van der Waals surface area (Å²) in [5.74, 6) is -0.925. The number of carbonyl (C=O) groups excluding carboxylic acids is 3. The first-order valence-corrected chi connectivity index (χ1v) is 28.5. The van der Waals surface area contributed by atoms with Gasteiger partial charge >= 0.3 is 17.9 Å². The number of allylic oxidation sites excluding steroid dienone is 20. The molecule has 396 valence electrons. The fourth-order valence-corrected chi connectivity index (χ4v) is 7.44. The minimum atomic E-state index is -0.787. The first-order valence-electron chi connectivity index (χ1n) is 28.5. The molecule has 0 aromatic heterocycles. The number of esters is 3. The molecule has 0 spiro atoms. The van der Waals surface area contributed by atoms with Crippen LogP contribution in [0.2, 0.25) is 0 Å². The molecular weight excluding hydrogens is 865 g/mol. The third kappa shape index (κ3) is 54.7. The Bertz CT molecular complexity index is 1490. The van der Waals surface area contributed by atoms with Crippen LogP contribution in [0.5, 0.6) is 0 Å². The second-order valence-electron chi connectivity index (χ2n) is 18.5. The predicted octanol–water partition coefficient (Wildman–Crippen LogP) is 19.3. The van der Waals surface area contributed by atoms with E-state index < -0.39 is 6.10 Å². The summed E-state index contributed by atoms with van der Waals surface area (Å²) in [6.45, 7) is 6.37. The number of carbonyl (C=O) groups is 3. The quantitative estimate of drug-likeness (QED) is 0.0262. The maximum atomic E-state index is 12.7. The van der Waals surface area contributed by atoms with Crippen molar-refractivity contribution in [3.05, 3.63) is 122 Å². The minimum absolute atomic E-state index is 0.0878. The van der Waals surface area contributed by atoms with E-state index in [4.69, 9.17) is 14.2 Å². The molecule has 1 atom stereocenters. The number of hydrogen-bond acceptors (Lipinski definition) is 6. The Balaban J connectivity index is 4.11. The molecule has 0 N–H and O–H groups in total. The zero-order valence-electron chi connectivity index (χ0n) is 45.2. The Hall–Kier alpha value is -4.19. The SMILES string of the molecule is CC/C=C\C/C=C\C/C=C\C/C=C\C/C=C\C/C=C\C/C=C\C/C=C\CCCCCCCCCCC(=O)OCC(COC(=O)CCCCCCCC)OC(=O)CCCCCCC/C=C\C/C=C\CCC. The van der Waals surface area contributed by atoms with Gasteiger partial charge in [0.25, 0.3) is 0 Å². The van der Waals surface area contributed by atoms with Gasteiger partial charge in [0.2, 0.25) is 0 Å². The van der Waals surface area contributed by atoms with Crippen molar-refractivity contribution >= 4 is 17.9 Å². The van der Waals surface area contributed by atoms with Crippen LogP contribution in [0.3, 0.4) is 0 Å². The average molecular weight is 970 g/mol. The molecule has 0 aromatic rings. The van der Waals surface area contributed by atoms with Crippen molar-refractivity contribution in [1.82, 2.24) is 0 Å². The minimum Gasteiger partial charge on any atom is -0.462 e. The third-order valence-electron chi connectivity index (χ3n) is 11.7. The number of rotatable bonds is 50. The summed E-state index contributed by atoms with van der Waals surface area (Å²) >= 11 is 0. The lowest BCUT2D eigenvalue weighted by atomic mass is 10.1. The molecule has 0 rings (SSSR count). The number of hydrogen-bond donors (Lipinski definition) is 0. The van der Waals surface area contributed by atoms with Crippen LogP contribution >= 0.6 is 0 Å². The molecule has 0 fully saturated rings. The molecule has 0 saturated carbocycles. The molecule has 6 heteroatoms. The van der Waals surface area contributed by atoms with E-state index in [1.165, 1.54) is 57.8 Å². The van der Waals surface area contributed by atoms with E-state index in [2.05, 4.69) is 142 Å². The van der Waals surface area contributed by atoms with Crippen LogP contribution in [0.25, 0.3) is 0 Å². The zero-order valence-corrected chi connectivity index (χ0v) is 45.2. The Kier molecular flexibility index (Phi) is 54.0. The Morgan fingerprint density at radius 3 is 0.929 bits per heavy atom. The van der Waals surface area contributed by atoms with E-state index in [1.807, 2.05) is 0 Å². The zero-order chi connectivity index (χ0) is 50.7. The number of ether oxygens (including phenoxy) is 3. The molecule has 70 heavy (non-hydrogen) atoms. The van der Waals surface area contributed by atoms with Gasteiger partial charge in [-0.25, -0.2) is 0 Å². The summed E-state index contributed by atoms with van der Waals surface area (Å²) in [7, 11) is 0. The Morgan fingerprint density at radius 2 is 0.586 bits per heavy atom. The van der Waals surface area contributed by atoms with Gasteiger partial charge in [-0.15, -0.1) is 0 Å². The molecule has 1 unspecified atom stereocenters. The second-order valence-corrected chi connectivity index (χ2v) is 18.5. The first kappa shape index (κ1) is 65.8. The largest absolute Gasteiger partial charge is 0.462 e. The predicted molar refractivity (Wildman–Crippen MR) is 302 cm³/mol. The molecule has 0 amide bonds. The summed E-state index contributed by atoms with van der Waals surface area (Å²) in [5, 5.41) is 0. The Labute approximate surface area is 431 Å². The highest BCUT2D eigenvalue weighted by Crippen LogP contribution is 2.14. The third-order valence-corrected chi connectivity index (χ3v) is 11.7. The van der Waals surface area contributed by atoms with E-state index in [0.717, 1.165) is 148 Å². The highest BCUT2D eigenvalue weighted by molar-refractivity contribution is 5.71. The molecule has 0 radical (unpaired) electrons. The van der Waals surface area contributed by atoms with E-state index >= 15 is 0 Å². The lowest BCUT2D eigenvalue weighted by Gasteiger charge is -2.18. The molecule has 0 aliphatic heterocycles. The molecule has 0 saturated heterocycles. The summed E-state index contributed by atoms with van der Waals surface area (Å²) in [6.07, 6.45) is 79.4. The van der Waals surface area contributed by atoms with Gasteiger partial charge in [-0.05, 0) is 109 Å². The molecule has 0 aliphatic rings. The lowest BCUT2D eigenvalue weighted by Crippen LogP contribution is -2.30. The highest BCUT2D eigenvalue weighted by atomic mass is 16.6. The average Bonchev–Trinajstić information content (AvgIpc) is 3.36. The standard InChI is InChI=1S/C64H104O6/c1-4-7-10-13-16-18-20-22-23-24-25-26-27-28-29-30-31-32-33-34-35-36-37-38-39-40-41-43-44-46-48-51-54-57-63(66)69-60-61(59-68-62(65)56-53-50-15-12-9-6-3)70-64(67)58-55-52-49-47-45-42-21-19-17-14-11-8-5-2/h7,10-11,14,16,18-19,21-23,25-26,28-29,31-32,34-35,37-38,61H,4-6,8-9,12-13,15,17,20,24,27,30,33,36,39-60H2,1-3H3/b10-7-,14-11-,18-16-,21-19-,23-22-,26-25-,29-28-,32-31-,35-34-,38-37-. The van der Waals surface area contributed by atoms with Crippen molar-refractivity contribution in [1.29, 1.82) is 0 Å². The maximum absolute atomic E-state index is 12.7. The molecule has 0 aliphatic carbocycles. The highest BCUT2D eigenvalue weighted by Gasteiger charge is 2.19. The fraction of sp³-hybridized carbons (Fsp3) is 0.641. The summed E-state index contributed by atoms with van der Waals surface area (Å²) in [4.78, 5) is 37.8. The van der Waals surface area contributed by atoms with Crippen LogP contribution in [-0.4, -0.2) is 37.2 Å². The fourth-order valence-electron chi connectivity index (χ4n) is 7.44. The normalized spacial score (nSPS) is 13.0. The molecule has 0 aromatic carbocycles. The van der Waals surface area contributed by atoms with Crippen LogP contribution in [0.4, 0.5) is 0 Å². The van der Waals surface area contributed by atoms with Crippen molar-refractivity contribution in [2.45, 2.75) is 252 Å². The van der Waals surface area contributed by atoms with Crippen molar-refractivity contribution in [3.8, 4) is 0 Å². The van der Waals surface area contributed by atoms with Gasteiger partial charge in [-0.1, -0.05) is 239 Å². The van der Waals surface area contributed by atoms with E-state index in [-0.39, 0.29) is 31.1 Å². The van der Waals surface area contributed by atoms with Gasteiger partial charge in [0.05, 0.1) is 0 Å². The van der Waals surface area contributed by atoms with Crippen molar-refractivity contribution < 1.29 is 28.6 Å². The van der Waals surface area contributed by atoms with Crippen LogP contribution in [0, 0.1) is 0 Å². The number of unbranched alkanes of at least 4 members (excludes halogenated alkanes) is 19. The molecular formula is C64H104O6. The first-order chi connectivity index (χ1) is 34.5. The molecule has 0 bridgehead atoms. The van der Waals surface area contributed by atoms with Gasteiger partial charge in [-0.3, -0.25) is 14.4 Å². The summed E-state index contributed by atoms with van der Waals surface area (Å²) in [6, 6.07) is 0. The van der Waals surface area contributed by atoms with Crippen molar-refractivity contribution in [2.75, 3.05) is 13.2 Å². The van der Waals surface area contributed by atoms with Crippen LogP contribution in [-0.2, 0) is 28.6 Å².